The van der Waals surface area contributed by atoms with E-state index in [4.69, 9.17) is 16.3 Å². The van der Waals surface area contributed by atoms with Gasteiger partial charge in [0.15, 0.2) is 0 Å². The molecule has 0 saturated carbocycles. The third-order valence-electron chi connectivity index (χ3n) is 1.94. The van der Waals surface area contributed by atoms with Crippen LogP contribution < -0.4 is 5.32 Å². The quantitative estimate of drug-likeness (QED) is 0.653. The van der Waals surface area contributed by atoms with Gasteiger partial charge >= 0.3 is 5.97 Å². The molecular formula is C11H14ClFN2O2. The predicted molar refractivity (Wildman–Crippen MR) is 64.3 cm³/mol. The summed E-state index contributed by atoms with van der Waals surface area (Å²) in [5, 5.41) is 3.02. The van der Waals surface area contributed by atoms with Crippen molar-refractivity contribution in [2.24, 2.45) is 0 Å². The molecule has 0 spiro atoms. The Bertz CT molecular complexity index is 399. The molecule has 4 nitrogen and oxygen atoms in total. The van der Waals surface area contributed by atoms with Crippen molar-refractivity contribution in [1.82, 2.24) is 4.98 Å². The Hall–Kier alpha value is -1.36. The average molecular weight is 261 g/mol. The second-order valence-corrected chi connectivity index (χ2v) is 3.82. The van der Waals surface area contributed by atoms with E-state index in [2.05, 4.69) is 10.3 Å². The molecule has 94 valence electrons. The average Bonchev–Trinajstić information content (AvgIpc) is 2.26. The van der Waals surface area contributed by atoms with Gasteiger partial charge in [0, 0.05) is 12.7 Å². The largest absolute Gasteiger partial charge is 0.462 e. The summed E-state index contributed by atoms with van der Waals surface area (Å²) in [7, 11) is 0. The number of hydrogen-bond donors (Lipinski definition) is 1. The number of ether oxygens (including phenoxy) is 1. The monoisotopic (exact) mass is 260 g/mol. The number of hydrogen-bond acceptors (Lipinski definition) is 4. The minimum atomic E-state index is -1.03. The standard InChI is InChI=1S/C11H14ClFN2O2/c1-3-17-11(16)8-6-15-10(12)4-9(8)14-5-7(2)13/h4,6-7H,3,5H2,1-2H3,(H,14,15)/t7-/m0/s1. The molecule has 0 bridgehead atoms. The smallest absolute Gasteiger partial charge is 0.341 e. The van der Waals surface area contributed by atoms with E-state index in [9.17, 15) is 9.18 Å². The van der Waals surface area contributed by atoms with Crippen molar-refractivity contribution in [2.45, 2.75) is 20.0 Å². The summed E-state index contributed by atoms with van der Waals surface area (Å²) in [6, 6.07) is 1.47. The number of halogens is 2. The summed E-state index contributed by atoms with van der Waals surface area (Å²) in [5.74, 6) is -0.509. The SMILES string of the molecule is CCOC(=O)c1cnc(Cl)cc1NC[C@H](C)F. The molecule has 0 unspecified atom stereocenters. The van der Waals surface area contributed by atoms with Crippen LogP contribution in [0.3, 0.4) is 0 Å². The van der Waals surface area contributed by atoms with Crippen molar-refractivity contribution >= 4 is 23.3 Å². The Morgan fingerprint density at radius 1 is 1.71 bits per heavy atom. The first-order chi connectivity index (χ1) is 8.04. The van der Waals surface area contributed by atoms with Crippen molar-refractivity contribution in [3.8, 4) is 0 Å². The first-order valence-corrected chi connectivity index (χ1v) is 5.63. The zero-order valence-electron chi connectivity index (χ0n) is 9.67. The minimum Gasteiger partial charge on any atom is -0.462 e. The highest BCUT2D eigenvalue weighted by Gasteiger charge is 2.14. The molecule has 1 heterocycles. The number of rotatable bonds is 5. The predicted octanol–water partition coefficient (Wildman–Crippen LogP) is 2.68. The highest BCUT2D eigenvalue weighted by Crippen LogP contribution is 2.19. The molecule has 0 amide bonds. The first kappa shape index (κ1) is 13.7. The van der Waals surface area contributed by atoms with Gasteiger partial charge in [0.25, 0.3) is 0 Å². The lowest BCUT2D eigenvalue weighted by Gasteiger charge is -2.11. The van der Waals surface area contributed by atoms with E-state index in [0.29, 0.717) is 5.69 Å². The molecule has 17 heavy (non-hydrogen) atoms. The van der Waals surface area contributed by atoms with E-state index in [0.717, 1.165) is 0 Å². The lowest BCUT2D eigenvalue weighted by atomic mass is 10.2. The fraction of sp³-hybridized carbons (Fsp3) is 0.455. The molecule has 0 aliphatic heterocycles. The lowest BCUT2D eigenvalue weighted by molar-refractivity contribution is 0.0527. The van der Waals surface area contributed by atoms with Gasteiger partial charge in [-0.1, -0.05) is 11.6 Å². The van der Waals surface area contributed by atoms with E-state index in [1.54, 1.807) is 6.92 Å². The third-order valence-corrected chi connectivity index (χ3v) is 2.15. The summed E-state index contributed by atoms with van der Waals surface area (Å²) >= 11 is 5.72. The van der Waals surface area contributed by atoms with Crippen molar-refractivity contribution in [2.75, 3.05) is 18.5 Å². The Balaban J connectivity index is 2.91. The van der Waals surface area contributed by atoms with E-state index >= 15 is 0 Å². The van der Waals surface area contributed by atoms with Gasteiger partial charge in [-0.2, -0.15) is 0 Å². The Labute approximate surface area is 104 Å². The summed E-state index contributed by atoms with van der Waals surface area (Å²) in [4.78, 5) is 15.4. The van der Waals surface area contributed by atoms with Crippen LogP contribution in [0.4, 0.5) is 10.1 Å². The molecule has 1 atom stereocenters. The normalized spacial score (nSPS) is 12.0. The summed E-state index contributed by atoms with van der Waals surface area (Å²) in [5.41, 5.74) is 0.671. The Morgan fingerprint density at radius 3 is 3.00 bits per heavy atom. The molecule has 0 saturated heterocycles. The number of alkyl halides is 1. The number of nitrogens with one attached hydrogen (secondary N) is 1. The first-order valence-electron chi connectivity index (χ1n) is 5.25. The van der Waals surface area contributed by atoms with E-state index in [1.807, 2.05) is 0 Å². The van der Waals surface area contributed by atoms with Crippen molar-refractivity contribution < 1.29 is 13.9 Å². The topological polar surface area (TPSA) is 51.2 Å². The number of anilines is 1. The molecule has 0 radical (unpaired) electrons. The molecule has 6 heteroatoms. The Morgan fingerprint density at radius 2 is 2.41 bits per heavy atom. The maximum atomic E-state index is 12.7. The maximum absolute atomic E-state index is 12.7. The minimum absolute atomic E-state index is 0.0900. The highest BCUT2D eigenvalue weighted by molar-refractivity contribution is 6.29. The van der Waals surface area contributed by atoms with Gasteiger partial charge in [0.2, 0.25) is 0 Å². The van der Waals surface area contributed by atoms with Crippen LogP contribution in [-0.2, 0) is 4.74 Å². The summed E-state index contributed by atoms with van der Waals surface area (Å²) in [6.07, 6.45) is 0.281. The summed E-state index contributed by atoms with van der Waals surface area (Å²) in [6.45, 7) is 3.48. The van der Waals surface area contributed by atoms with Gasteiger partial charge in [0.1, 0.15) is 16.9 Å². The zero-order chi connectivity index (χ0) is 12.8. The molecule has 0 fully saturated rings. The molecular weight excluding hydrogens is 247 g/mol. The fourth-order valence-electron chi connectivity index (χ4n) is 1.20. The molecule has 1 rings (SSSR count). The molecule has 0 aliphatic carbocycles. The van der Waals surface area contributed by atoms with Gasteiger partial charge in [-0.3, -0.25) is 0 Å². The number of nitrogens with zero attached hydrogens (tertiary/aromatic N) is 1. The molecule has 0 aromatic carbocycles. The van der Waals surface area contributed by atoms with Gasteiger partial charge < -0.3 is 10.1 Å². The van der Waals surface area contributed by atoms with Crippen LogP contribution in [0, 0.1) is 0 Å². The highest BCUT2D eigenvalue weighted by atomic mass is 35.5. The van der Waals surface area contributed by atoms with Crippen molar-refractivity contribution in [3.05, 3.63) is 23.0 Å². The van der Waals surface area contributed by atoms with E-state index in [-0.39, 0.29) is 23.9 Å². The fourth-order valence-corrected chi connectivity index (χ4v) is 1.36. The number of esters is 1. The van der Waals surface area contributed by atoms with Crippen molar-refractivity contribution in [3.63, 3.8) is 0 Å². The van der Waals surface area contributed by atoms with Crippen LogP contribution >= 0.6 is 11.6 Å². The number of carbonyl (C=O) groups is 1. The summed E-state index contributed by atoms with van der Waals surface area (Å²) < 4.78 is 17.6. The van der Waals surface area contributed by atoms with Gasteiger partial charge in [-0.05, 0) is 19.9 Å². The van der Waals surface area contributed by atoms with Gasteiger partial charge in [0.05, 0.1) is 12.3 Å². The van der Waals surface area contributed by atoms with Crippen molar-refractivity contribution in [1.29, 1.82) is 0 Å². The van der Waals surface area contributed by atoms with Gasteiger partial charge in [-0.25, -0.2) is 14.2 Å². The van der Waals surface area contributed by atoms with Gasteiger partial charge in [-0.15, -0.1) is 0 Å². The number of pyridine rings is 1. The molecule has 1 N–H and O–H groups in total. The molecule has 0 aliphatic rings. The third kappa shape index (κ3) is 4.19. The second kappa shape index (κ2) is 6.39. The lowest BCUT2D eigenvalue weighted by Crippen LogP contribution is -2.15. The van der Waals surface area contributed by atoms with Crippen LogP contribution in [0.25, 0.3) is 0 Å². The van der Waals surface area contributed by atoms with Crippen LogP contribution in [0.2, 0.25) is 5.15 Å². The molecule has 1 aromatic heterocycles. The van der Waals surface area contributed by atoms with Crippen LogP contribution in [0.15, 0.2) is 12.3 Å². The number of carbonyl (C=O) groups excluding carboxylic acids is 1. The number of aromatic nitrogens is 1. The van der Waals surface area contributed by atoms with E-state index < -0.39 is 12.1 Å². The second-order valence-electron chi connectivity index (χ2n) is 3.43. The van der Waals surface area contributed by atoms with Crippen LogP contribution in [-0.4, -0.2) is 30.3 Å². The molecule has 1 aromatic rings. The Kier molecular flexibility index (Phi) is 5.15. The zero-order valence-corrected chi connectivity index (χ0v) is 10.4. The van der Waals surface area contributed by atoms with Crippen LogP contribution in [0.1, 0.15) is 24.2 Å². The van der Waals surface area contributed by atoms with Crippen LogP contribution in [0.5, 0.6) is 0 Å². The maximum Gasteiger partial charge on any atom is 0.341 e. The van der Waals surface area contributed by atoms with E-state index in [1.165, 1.54) is 19.2 Å².